The summed E-state index contributed by atoms with van der Waals surface area (Å²) in [7, 11) is 0. The van der Waals surface area contributed by atoms with Gasteiger partial charge in [-0.1, -0.05) is 64.1 Å². The summed E-state index contributed by atoms with van der Waals surface area (Å²) in [6, 6.07) is 23.6. The van der Waals surface area contributed by atoms with Crippen LogP contribution in [-0.2, 0) is 32.9 Å². The summed E-state index contributed by atoms with van der Waals surface area (Å²) >= 11 is 0. The summed E-state index contributed by atoms with van der Waals surface area (Å²) in [6.07, 6.45) is 1.74. The van der Waals surface area contributed by atoms with Crippen molar-refractivity contribution in [3.63, 3.8) is 0 Å². The van der Waals surface area contributed by atoms with Crippen LogP contribution in [0, 0.1) is 31.4 Å². The number of nitrogens with zero attached hydrogens (tertiary/aromatic N) is 4. The van der Waals surface area contributed by atoms with Gasteiger partial charge in [-0.2, -0.15) is 5.10 Å². The molecule has 5 heteroatoms. The van der Waals surface area contributed by atoms with E-state index in [-0.39, 0.29) is 20.1 Å². The summed E-state index contributed by atoms with van der Waals surface area (Å²) in [5, 5.41) is 9.40. The molecule has 3 aromatic carbocycles. The molecule has 0 fully saturated rings. The molecule has 4 nitrogen and oxygen atoms in total. The van der Waals surface area contributed by atoms with E-state index in [1.54, 1.807) is 0 Å². The van der Waals surface area contributed by atoms with Gasteiger partial charge in [0.2, 0.25) is 0 Å². The Bertz CT molecular complexity index is 1300. The predicted octanol–water partition coefficient (Wildman–Crippen LogP) is 7.66. The van der Waals surface area contributed by atoms with Gasteiger partial charge >= 0.3 is 0 Å². The van der Waals surface area contributed by atoms with Crippen LogP contribution in [0.15, 0.2) is 60.7 Å². The predicted molar refractivity (Wildman–Crippen MR) is 139 cm³/mol. The molecule has 0 saturated carbocycles. The van der Waals surface area contributed by atoms with Gasteiger partial charge in [0, 0.05) is 31.4 Å². The summed E-state index contributed by atoms with van der Waals surface area (Å²) in [5.74, 6) is 2.47. The second kappa shape index (κ2) is 11.6. The standard InChI is InChI=1S/C30H31N4.Ir/c1-20(2)16-24-18-26(31-6)19-25(17-21(3)4)28(24)34-29(23-13-8-7-9-14-23)32-33-30(34)27-15-11-10-12-22(27)5;/h7-13,15,18-21H,16-17H2,1-5H3;/q-1;. The van der Waals surface area contributed by atoms with Gasteiger partial charge < -0.3 is 4.57 Å². The zero-order valence-electron chi connectivity index (χ0n) is 21.0. The van der Waals surface area contributed by atoms with Gasteiger partial charge in [-0.05, 0) is 48.3 Å². The van der Waals surface area contributed by atoms with E-state index >= 15 is 0 Å². The Hall–Kier alpha value is -3.06. The molecule has 0 N–H and O–H groups in total. The van der Waals surface area contributed by atoms with E-state index in [0.29, 0.717) is 17.5 Å². The Morgan fingerprint density at radius 2 is 1.49 bits per heavy atom. The first-order chi connectivity index (χ1) is 16.4. The number of aromatic nitrogens is 3. The normalized spacial score (nSPS) is 10.9. The van der Waals surface area contributed by atoms with E-state index in [1.165, 1.54) is 0 Å². The third kappa shape index (κ3) is 5.78. The van der Waals surface area contributed by atoms with Crippen molar-refractivity contribution in [1.29, 1.82) is 0 Å². The summed E-state index contributed by atoms with van der Waals surface area (Å²) in [6.45, 7) is 18.7. The zero-order chi connectivity index (χ0) is 24.2. The number of benzene rings is 3. The zero-order valence-corrected chi connectivity index (χ0v) is 23.4. The van der Waals surface area contributed by atoms with Gasteiger partial charge in [0.05, 0.1) is 12.4 Å². The fourth-order valence-electron chi connectivity index (χ4n) is 4.49. The van der Waals surface area contributed by atoms with Crippen molar-refractivity contribution in [2.75, 3.05) is 0 Å². The number of hydrogen-bond donors (Lipinski definition) is 0. The van der Waals surface area contributed by atoms with Crippen LogP contribution in [0.1, 0.15) is 44.4 Å². The molecule has 0 bridgehead atoms. The Balaban J connectivity index is 0.00000342. The van der Waals surface area contributed by atoms with Crippen LogP contribution >= 0.6 is 0 Å². The molecule has 0 saturated heterocycles. The summed E-state index contributed by atoms with van der Waals surface area (Å²) in [5.41, 5.74) is 7.21. The fourth-order valence-corrected chi connectivity index (χ4v) is 4.49. The number of hydrogen-bond acceptors (Lipinski definition) is 2. The molecule has 1 radical (unpaired) electrons. The first kappa shape index (κ1) is 26.5. The van der Waals surface area contributed by atoms with Crippen LogP contribution in [0.25, 0.3) is 33.3 Å². The van der Waals surface area contributed by atoms with E-state index in [2.05, 4.69) is 67.3 Å². The minimum absolute atomic E-state index is 0. The molecule has 0 aliphatic heterocycles. The van der Waals surface area contributed by atoms with Crippen molar-refractivity contribution in [1.82, 2.24) is 14.8 Å². The van der Waals surface area contributed by atoms with Crippen LogP contribution < -0.4 is 0 Å². The van der Waals surface area contributed by atoms with Crippen LogP contribution in [0.5, 0.6) is 0 Å². The maximum absolute atomic E-state index is 7.72. The smallest absolute Gasteiger partial charge is 0.187 e. The van der Waals surface area contributed by atoms with Gasteiger partial charge in [-0.3, -0.25) is 0 Å². The van der Waals surface area contributed by atoms with E-state index in [9.17, 15) is 0 Å². The summed E-state index contributed by atoms with van der Waals surface area (Å²) in [4.78, 5) is 3.81. The molecule has 0 aliphatic rings. The van der Waals surface area contributed by atoms with Crippen molar-refractivity contribution < 1.29 is 20.1 Å². The second-order valence-electron chi connectivity index (χ2n) is 9.69. The van der Waals surface area contributed by atoms with Crippen LogP contribution in [0.3, 0.4) is 0 Å². The molecule has 0 spiro atoms. The summed E-state index contributed by atoms with van der Waals surface area (Å²) < 4.78 is 2.21. The van der Waals surface area contributed by atoms with Gasteiger partial charge in [0.1, 0.15) is 0 Å². The fraction of sp³-hybridized carbons (Fsp3) is 0.300. The van der Waals surface area contributed by atoms with Crippen LogP contribution in [0.2, 0.25) is 0 Å². The topological polar surface area (TPSA) is 35.1 Å². The molecule has 181 valence electrons. The molecule has 0 unspecified atom stereocenters. The average Bonchev–Trinajstić information content (AvgIpc) is 3.23. The van der Waals surface area contributed by atoms with Crippen molar-refractivity contribution >= 4 is 5.69 Å². The van der Waals surface area contributed by atoms with Crippen molar-refractivity contribution in [2.24, 2.45) is 11.8 Å². The maximum atomic E-state index is 7.72. The van der Waals surface area contributed by atoms with E-state index < -0.39 is 0 Å². The van der Waals surface area contributed by atoms with Crippen LogP contribution in [-0.4, -0.2) is 14.8 Å². The average molecular weight is 640 g/mol. The van der Waals surface area contributed by atoms with E-state index in [0.717, 1.165) is 58.0 Å². The Labute approximate surface area is 222 Å². The Kier molecular flexibility index (Phi) is 8.78. The molecular weight excluding hydrogens is 609 g/mol. The monoisotopic (exact) mass is 640 g/mol. The largest absolute Gasteiger partial charge is 0.316 e. The van der Waals surface area contributed by atoms with Crippen molar-refractivity contribution in [3.8, 4) is 28.5 Å². The molecule has 35 heavy (non-hydrogen) atoms. The van der Waals surface area contributed by atoms with Gasteiger partial charge in [0.25, 0.3) is 0 Å². The second-order valence-corrected chi connectivity index (χ2v) is 9.69. The molecule has 1 aromatic heterocycles. The Morgan fingerprint density at radius 3 is 2.03 bits per heavy atom. The van der Waals surface area contributed by atoms with Gasteiger partial charge in [-0.15, -0.1) is 41.0 Å². The minimum atomic E-state index is 0. The molecule has 0 atom stereocenters. The number of aryl methyl sites for hydroxylation is 1. The Morgan fingerprint density at radius 1 is 0.886 bits per heavy atom. The minimum Gasteiger partial charge on any atom is -0.316 e. The van der Waals surface area contributed by atoms with Crippen LogP contribution in [0.4, 0.5) is 5.69 Å². The molecule has 0 aliphatic carbocycles. The molecule has 4 rings (SSSR count). The first-order valence-electron chi connectivity index (χ1n) is 11.9. The number of rotatable bonds is 7. The molecule has 0 amide bonds. The maximum Gasteiger partial charge on any atom is 0.187 e. The van der Waals surface area contributed by atoms with E-state index in [4.69, 9.17) is 11.7 Å². The van der Waals surface area contributed by atoms with Gasteiger partial charge in [0.15, 0.2) is 11.5 Å². The van der Waals surface area contributed by atoms with E-state index in [1.807, 2.05) is 48.5 Å². The molecule has 4 aromatic rings. The third-order valence-electron chi connectivity index (χ3n) is 5.86. The quantitative estimate of drug-likeness (QED) is 0.195. The molecular formula is C30H31IrN4-. The van der Waals surface area contributed by atoms with Crippen molar-refractivity contribution in [2.45, 2.75) is 47.5 Å². The van der Waals surface area contributed by atoms with Gasteiger partial charge in [-0.25, -0.2) is 4.85 Å². The SMILES string of the molecule is [C-]#[N+]c1cc(CC(C)C)c(-n2c(-c3[c-]cccc3)nnc2-c2ccccc2C)c(CC(C)C)c1.[Ir]. The first-order valence-corrected chi connectivity index (χ1v) is 11.9. The van der Waals surface area contributed by atoms with Crippen molar-refractivity contribution in [3.05, 3.63) is 94.8 Å². The molecule has 1 heterocycles. The third-order valence-corrected chi connectivity index (χ3v) is 5.86.